The van der Waals surface area contributed by atoms with Gasteiger partial charge in [0.2, 0.25) is 5.91 Å². The first-order chi connectivity index (χ1) is 29.5. The maximum Gasteiger partial charge on any atom is 0.442 e. The van der Waals surface area contributed by atoms with Crippen LogP contribution >= 0.6 is 0 Å². The third-order valence-electron chi connectivity index (χ3n) is 11.8. The van der Waals surface area contributed by atoms with E-state index < -0.39 is 33.8 Å². The van der Waals surface area contributed by atoms with Crippen molar-refractivity contribution in [2.45, 2.75) is 33.4 Å². The Morgan fingerprint density at radius 1 is 0.823 bits per heavy atom. The average Bonchev–Trinajstić information content (AvgIpc) is 3.49. The molecule has 4 aromatic rings. The SMILES string of the molecule is CC(C)[C@H]1C(=O)N2C(C(=O)OC(=O)c3ccc([N+](=O)[O-])cc3)=C(COc3cccc4c(C[N+]5(C)CCN(/C=N/C(=O)OC(=O)c6ccc([N+](=O)[O-])cc6)CC5)cccc34)[C@H](C)[C@H]12. The van der Waals surface area contributed by atoms with Crippen molar-refractivity contribution in [3.8, 4) is 5.75 Å². The van der Waals surface area contributed by atoms with Gasteiger partial charge in [0.25, 0.3) is 11.4 Å². The number of hydrogen-bond donors (Lipinski definition) is 0. The molecule has 18 nitrogen and oxygen atoms in total. The van der Waals surface area contributed by atoms with E-state index in [0.717, 1.165) is 40.6 Å². The number of β-lactam (4-membered cyclic amide) rings is 1. The molecule has 0 N–H and O–H groups in total. The molecule has 3 heterocycles. The molecule has 62 heavy (non-hydrogen) atoms. The Morgan fingerprint density at radius 2 is 1.39 bits per heavy atom. The summed E-state index contributed by atoms with van der Waals surface area (Å²) in [5, 5.41) is 23.8. The van der Waals surface area contributed by atoms with E-state index in [1.165, 1.54) is 35.5 Å². The first-order valence-electron chi connectivity index (χ1n) is 19.9. The Kier molecular flexibility index (Phi) is 12.0. The fourth-order valence-corrected chi connectivity index (χ4v) is 8.35. The Balaban J connectivity index is 1.02. The molecule has 320 valence electrons. The molecule has 0 saturated carbocycles. The Bertz CT molecular complexity index is 2550. The van der Waals surface area contributed by atoms with Gasteiger partial charge in [-0.25, -0.2) is 19.2 Å². The number of aliphatic imine (C=N–C) groups is 1. The van der Waals surface area contributed by atoms with Gasteiger partial charge in [0.15, 0.2) is 0 Å². The first kappa shape index (κ1) is 42.8. The number of nitro benzene ring substituents is 2. The lowest BCUT2D eigenvalue weighted by molar-refractivity contribution is -0.925. The smallest absolute Gasteiger partial charge is 0.442 e. The molecule has 0 spiro atoms. The zero-order valence-corrected chi connectivity index (χ0v) is 34.3. The number of piperazine rings is 1. The molecule has 0 bridgehead atoms. The van der Waals surface area contributed by atoms with E-state index in [1.807, 2.05) is 56.0 Å². The Hall–Kier alpha value is -7.34. The largest absolute Gasteiger partial charge is 0.488 e. The highest BCUT2D eigenvalue weighted by molar-refractivity contribution is 6.06. The minimum atomic E-state index is -1.10. The summed E-state index contributed by atoms with van der Waals surface area (Å²) in [6.07, 6.45) is 0.244. The third kappa shape index (κ3) is 8.62. The molecule has 4 aromatic carbocycles. The second kappa shape index (κ2) is 17.3. The number of esters is 3. The predicted octanol–water partition coefficient (Wildman–Crippen LogP) is 6.07. The van der Waals surface area contributed by atoms with E-state index in [4.69, 9.17) is 14.2 Å². The van der Waals surface area contributed by atoms with Gasteiger partial charge in [-0.15, -0.1) is 0 Å². The number of hydrogen-bond acceptors (Lipinski definition) is 12. The van der Waals surface area contributed by atoms with Crippen molar-refractivity contribution in [2.24, 2.45) is 22.7 Å². The molecule has 3 atom stereocenters. The predicted molar refractivity (Wildman–Crippen MR) is 222 cm³/mol. The minimum Gasteiger partial charge on any atom is -0.488 e. The van der Waals surface area contributed by atoms with E-state index in [2.05, 4.69) is 18.1 Å². The number of ether oxygens (including phenoxy) is 3. The molecular formula is C44H43N6O12+. The van der Waals surface area contributed by atoms with E-state index >= 15 is 0 Å². The summed E-state index contributed by atoms with van der Waals surface area (Å²) in [5.41, 5.74) is 1.05. The van der Waals surface area contributed by atoms with Gasteiger partial charge in [0.1, 0.15) is 24.6 Å². The number of fused-ring (bicyclic) bond motifs is 2. The van der Waals surface area contributed by atoms with Crippen LogP contribution in [0.5, 0.6) is 5.75 Å². The average molecular weight is 848 g/mol. The maximum absolute atomic E-state index is 13.7. The number of benzene rings is 4. The molecule has 0 aliphatic carbocycles. The molecule has 0 radical (unpaired) electrons. The van der Waals surface area contributed by atoms with Gasteiger partial charge in [-0.05, 0) is 41.6 Å². The topological polar surface area (TPSA) is 218 Å². The Labute approximate surface area is 354 Å². The van der Waals surface area contributed by atoms with Crippen molar-refractivity contribution >= 4 is 58.4 Å². The lowest BCUT2D eigenvalue weighted by Crippen LogP contribution is -2.62. The van der Waals surface area contributed by atoms with Crippen LogP contribution in [0.1, 0.15) is 47.1 Å². The lowest BCUT2D eigenvalue weighted by atomic mass is 9.74. The second-order valence-electron chi connectivity index (χ2n) is 16.1. The molecule has 2 saturated heterocycles. The van der Waals surface area contributed by atoms with Crippen LogP contribution in [-0.4, -0.2) is 106 Å². The van der Waals surface area contributed by atoms with Crippen molar-refractivity contribution in [3.05, 3.63) is 133 Å². The zero-order chi connectivity index (χ0) is 44.5. The molecule has 2 fully saturated rings. The number of carbonyl (C=O) groups excluding carboxylic acids is 5. The lowest BCUT2D eigenvalue weighted by Gasteiger charge is -2.47. The highest BCUT2D eigenvalue weighted by Crippen LogP contribution is 2.49. The van der Waals surface area contributed by atoms with Crippen LogP contribution in [0.25, 0.3) is 10.8 Å². The zero-order valence-electron chi connectivity index (χ0n) is 34.3. The summed E-state index contributed by atoms with van der Waals surface area (Å²) in [6, 6.07) is 20.7. The monoisotopic (exact) mass is 847 g/mol. The summed E-state index contributed by atoms with van der Waals surface area (Å²) in [7, 11) is 2.14. The van der Waals surface area contributed by atoms with Gasteiger partial charge < -0.3 is 28.5 Å². The maximum atomic E-state index is 13.7. The van der Waals surface area contributed by atoms with Crippen LogP contribution < -0.4 is 4.74 Å². The molecule has 18 heteroatoms. The number of carbonyl (C=O) groups is 5. The fourth-order valence-electron chi connectivity index (χ4n) is 8.35. The van der Waals surface area contributed by atoms with Crippen LogP contribution in [-0.2, 0) is 25.6 Å². The number of nitro groups is 2. The van der Waals surface area contributed by atoms with Crippen LogP contribution in [0.15, 0.2) is 101 Å². The summed E-state index contributed by atoms with van der Waals surface area (Å²) in [6.45, 7) is 8.98. The number of non-ortho nitro benzene ring substituents is 2. The van der Waals surface area contributed by atoms with Crippen LogP contribution in [0.2, 0.25) is 0 Å². The summed E-state index contributed by atoms with van der Waals surface area (Å²) >= 11 is 0. The van der Waals surface area contributed by atoms with Crippen molar-refractivity contribution < 1.29 is 52.5 Å². The van der Waals surface area contributed by atoms with Gasteiger partial charge in [-0.1, -0.05) is 51.1 Å². The van der Waals surface area contributed by atoms with E-state index in [9.17, 15) is 44.2 Å². The normalized spacial score (nSPS) is 19.3. The molecular weight excluding hydrogens is 805 g/mol. The van der Waals surface area contributed by atoms with E-state index in [0.29, 0.717) is 48.5 Å². The minimum absolute atomic E-state index is 0.00114. The Morgan fingerprint density at radius 3 is 1.97 bits per heavy atom. The van der Waals surface area contributed by atoms with Gasteiger partial charge >= 0.3 is 24.0 Å². The molecule has 2 amide bonds. The molecule has 3 aliphatic heterocycles. The van der Waals surface area contributed by atoms with Crippen LogP contribution in [0, 0.1) is 38.0 Å². The number of rotatable bonds is 12. The highest BCUT2D eigenvalue weighted by atomic mass is 16.6. The summed E-state index contributed by atoms with van der Waals surface area (Å²) in [5.74, 6) is -3.29. The number of amides is 2. The highest BCUT2D eigenvalue weighted by Gasteiger charge is 2.59. The van der Waals surface area contributed by atoms with Crippen LogP contribution in [0.3, 0.4) is 0 Å². The quantitative estimate of drug-likeness (QED) is 0.0231. The van der Waals surface area contributed by atoms with Gasteiger partial charge in [-0.2, -0.15) is 4.99 Å². The van der Waals surface area contributed by atoms with Crippen LogP contribution in [0.4, 0.5) is 16.2 Å². The molecule has 0 unspecified atom stereocenters. The van der Waals surface area contributed by atoms with Gasteiger partial charge in [0, 0.05) is 46.7 Å². The third-order valence-corrected chi connectivity index (χ3v) is 11.8. The van der Waals surface area contributed by atoms with Crippen molar-refractivity contribution in [3.63, 3.8) is 0 Å². The molecule has 3 aliphatic rings. The van der Waals surface area contributed by atoms with Crippen molar-refractivity contribution in [2.75, 3.05) is 39.8 Å². The number of likely N-dealkylation sites (N-methyl/N-ethyl adjacent to an activating group) is 1. The van der Waals surface area contributed by atoms with Crippen molar-refractivity contribution in [1.29, 1.82) is 0 Å². The molecule has 7 rings (SSSR count). The van der Waals surface area contributed by atoms with E-state index in [-0.39, 0.29) is 64.5 Å². The van der Waals surface area contributed by atoms with Crippen molar-refractivity contribution in [1.82, 2.24) is 9.80 Å². The fraction of sp³-hybridized carbons (Fsp3) is 0.318. The van der Waals surface area contributed by atoms with Gasteiger partial charge in [0.05, 0.1) is 72.5 Å². The number of nitrogens with zero attached hydrogens (tertiary/aromatic N) is 6. The number of quaternary nitrogens is 1. The van der Waals surface area contributed by atoms with Gasteiger partial charge in [-0.3, -0.25) is 25.0 Å². The standard InChI is InChI=1S/C44H43N6O12/c1-26(2)37-38-27(3)35(39(47(38)40(37)51)43(54)61-41(52)28-11-15-31(16-12-28)48(56)57)24-60-36-10-6-8-33-30(7-5-9-34(33)36)23-50(4)21-19-46(20-22-50)25-45-44(55)62-42(53)29-13-17-32(18-14-29)49(58)59/h5-18,25-27,37-38H,19-24H2,1-4H3/q+1/b45-25+/t27-,37+,38+/m0/s1. The summed E-state index contributed by atoms with van der Waals surface area (Å²) < 4.78 is 17.2. The van der Waals surface area contributed by atoms with E-state index in [1.54, 1.807) is 0 Å². The molecule has 0 aromatic heterocycles. The first-order valence-corrected chi connectivity index (χ1v) is 19.9. The summed E-state index contributed by atoms with van der Waals surface area (Å²) in [4.78, 5) is 92.6. The second-order valence-corrected chi connectivity index (χ2v) is 16.1.